The van der Waals surface area contributed by atoms with Gasteiger partial charge in [-0.1, -0.05) is 0 Å². The molecule has 1 saturated heterocycles. The van der Waals surface area contributed by atoms with Gasteiger partial charge in [-0.25, -0.2) is 17.8 Å². The second-order valence-electron chi connectivity index (χ2n) is 5.99. The normalized spacial score (nSPS) is 19.2. The average molecular weight is 359 g/mol. The van der Waals surface area contributed by atoms with Crippen LogP contribution in [-0.4, -0.2) is 54.7 Å². The van der Waals surface area contributed by atoms with E-state index in [1.807, 2.05) is 0 Å². The summed E-state index contributed by atoms with van der Waals surface area (Å²) >= 11 is 0. The zero-order valence-corrected chi connectivity index (χ0v) is 14.3. The number of pyridine rings is 1. The highest BCUT2D eigenvalue weighted by Gasteiger charge is 2.34. The number of nitrogens with two attached hydrogens (primary N) is 1. The van der Waals surface area contributed by atoms with Gasteiger partial charge in [-0.15, -0.1) is 0 Å². The first kappa shape index (κ1) is 18.8. The lowest BCUT2D eigenvalue weighted by molar-refractivity contribution is 0.0126. The molecular formula is C15H22FN3O4S. The van der Waals surface area contributed by atoms with Crippen LogP contribution in [0, 0.1) is 0 Å². The predicted octanol–water partition coefficient (Wildman–Crippen LogP) is 0.808. The topological polar surface area (TPSA) is 106 Å². The molecule has 0 aliphatic carbocycles. The van der Waals surface area contributed by atoms with Crippen LogP contribution in [0.4, 0.5) is 4.39 Å². The van der Waals surface area contributed by atoms with Gasteiger partial charge in [0, 0.05) is 31.3 Å². The molecular weight excluding hydrogens is 337 g/mol. The fraction of sp³-hybridized carbons (Fsp3) is 0.533. The number of rotatable bonds is 6. The molecule has 1 aromatic heterocycles. The van der Waals surface area contributed by atoms with Crippen LogP contribution in [0.3, 0.4) is 0 Å². The minimum atomic E-state index is -3.66. The van der Waals surface area contributed by atoms with Gasteiger partial charge in [0.25, 0.3) is 0 Å². The summed E-state index contributed by atoms with van der Waals surface area (Å²) in [5.41, 5.74) is 4.76. The third-order valence-electron chi connectivity index (χ3n) is 3.97. The summed E-state index contributed by atoms with van der Waals surface area (Å²) in [6.45, 7) is 2.20. The Balaban J connectivity index is 2.04. The van der Waals surface area contributed by atoms with Crippen molar-refractivity contribution in [1.29, 1.82) is 0 Å². The highest BCUT2D eigenvalue weighted by molar-refractivity contribution is 7.89. The number of sulfonamides is 1. The number of nitrogens with zero attached hydrogens (tertiary/aromatic N) is 2. The molecule has 0 radical (unpaired) electrons. The summed E-state index contributed by atoms with van der Waals surface area (Å²) in [6, 6.07) is 2.81. The van der Waals surface area contributed by atoms with E-state index >= 15 is 0 Å². The molecule has 0 saturated carbocycles. The largest absolute Gasteiger partial charge is 0.473 e. The average Bonchev–Trinajstić information content (AvgIpc) is 2.56. The first-order valence-electron chi connectivity index (χ1n) is 7.58. The van der Waals surface area contributed by atoms with Crippen molar-refractivity contribution < 1.29 is 22.7 Å². The zero-order chi connectivity index (χ0) is 17.8. The van der Waals surface area contributed by atoms with Crippen molar-refractivity contribution in [2.45, 2.75) is 30.3 Å². The molecule has 9 heteroatoms. The Morgan fingerprint density at radius 1 is 1.50 bits per heavy atom. The van der Waals surface area contributed by atoms with E-state index in [9.17, 15) is 17.9 Å². The van der Waals surface area contributed by atoms with Crippen LogP contribution < -0.4 is 10.5 Å². The van der Waals surface area contributed by atoms with E-state index in [2.05, 4.69) is 4.98 Å². The molecule has 0 spiro atoms. The minimum absolute atomic E-state index is 0.0295. The van der Waals surface area contributed by atoms with Gasteiger partial charge in [-0.3, -0.25) is 0 Å². The van der Waals surface area contributed by atoms with Crippen molar-refractivity contribution in [3.8, 4) is 5.88 Å². The smallest absolute Gasteiger partial charge is 0.244 e. The molecule has 1 aliphatic heterocycles. The molecule has 1 aromatic rings. The molecule has 134 valence electrons. The van der Waals surface area contributed by atoms with Crippen molar-refractivity contribution in [1.82, 2.24) is 9.29 Å². The van der Waals surface area contributed by atoms with E-state index in [4.69, 9.17) is 10.5 Å². The van der Waals surface area contributed by atoms with Crippen molar-refractivity contribution in [3.05, 3.63) is 30.2 Å². The van der Waals surface area contributed by atoms with E-state index < -0.39 is 15.6 Å². The van der Waals surface area contributed by atoms with Crippen LogP contribution in [-0.2, 0) is 10.0 Å². The maximum Gasteiger partial charge on any atom is 0.244 e. The number of aliphatic hydroxyl groups is 1. The zero-order valence-electron chi connectivity index (χ0n) is 13.5. The molecule has 0 atom stereocenters. The minimum Gasteiger partial charge on any atom is -0.473 e. The monoisotopic (exact) mass is 359 g/mol. The van der Waals surface area contributed by atoms with Crippen molar-refractivity contribution >= 4 is 10.0 Å². The standard InChI is InChI=1S/C15H22FN3O4S/c1-15(20)4-6-19(7-5-15)24(21,22)13-2-3-14(18-10-13)23-11-12(8-16)9-17/h2-3,8,10,20H,4-7,9,11,17H2,1H3/b12-8-. The Morgan fingerprint density at radius 3 is 2.67 bits per heavy atom. The number of hydrogen-bond donors (Lipinski definition) is 2. The lowest BCUT2D eigenvalue weighted by atomic mass is 9.95. The Morgan fingerprint density at radius 2 is 2.17 bits per heavy atom. The van der Waals surface area contributed by atoms with Gasteiger partial charge in [-0.2, -0.15) is 4.31 Å². The van der Waals surface area contributed by atoms with Gasteiger partial charge in [0.1, 0.15) is 11.5 Å². The Kier molecular flexibility index (Phi) is 5.92. The summed E-state index contributed by atoms with van der Waals surface area (Å²) in [7, 11) is -3.66. The summed E-state index contributed by atoms with van der Waals surface area (Å²) in [5, 5.41) is 9.92. The van der Waals surface area contributed by atoms with Crippen molar-refractivity contribution in [2.24, 2.45) is 5.73 Å². The highest BCUT2D eigenvalue weighted by Crippen LogP contribution is 2.26. The number of ether oxygens (including phenoxy) is 1. The number of hydrogen-bond acceptors (Lipinski definition) is 6. The fourth-order valence-corrected chi connectivity index (χ4v) is 3.65. The highest BCUT2D eigenvalue weighted by atomic mass is 32.2. The Labute approximate surface area is 141 Å². The third-order valence-corrected chi connectivity index (χ3v) is 5.85. The molecule has 1 aliphatic rings. The van der Waals surface area contributed by atoms with Crippen molar-refractivity contribution in [2.75, 3.05) is 26.2 Å². The first-order chi connectivity index (χ1) is 11.3. The quantitative estimate of drug-likeness (QED) is 0.779. The molecule has 0 bridgehead atoms. The lowest BCUT2D eigenvalue weighted by Gasteiger charge is -2.34. The van der Waals surface area contributed by atoms with Gasteiger partial charge in [0.05, 0.1) is 18.1 Å². The molecule has 2 heterocycles. The second kappa shape index (κ2) is 7.56. The molecule has 3 N–H and O–H groups in total. The predicted molar refractivity (Wildman–Crippen MR) is 86.6 cm³/mol. The fourth-order valence-electron chi connectivity index (χ4n) is 2.26. The molecule has 0 unspecified atom stereocenters. The van der Waals surface area contributed by atoms with E-state index in [1.54, 1.807) is 6.92 Å². The molecule has 2 rings (SSSR count). The van der Waals surface area contributed by atoms with Crippen LogP contribution in [0.1, 0.15) is 19.8 Å². The summed E-state index contributed by atoms with van der Waals surface area (Å²) in [6.07, 6.45) is 2.36. The van der Waals surface area contributed by atoms with Crippen LogP contribution >= 0.6 is 0 Å². The number of halogens is 1. The molecule has 7 nitrogen and oxygen atoms in total. The lowest BCUT2D eigenvalue weighted by Crippen LogP contribution is -2.45. The molecule has 1 fully saturated rings. The van der Waals surface area contributed by atoms with Crippen molar-refractivity contribution in [3.63, 3.8) is 0 Å². The first-order valence-corrected chi connectivity index (χ1v) is 9.02. The molecule has 0 amide bonds. The third kappa shape index (κ3) is 4.50. The number of piperidine rings is 1. The van der Waals surface area contributed by atoms with Gasteiger partial charge < -0.3 is 15.6 Å². The van der Waals surface area contributed by atoms with Gasteiger partial charge in [-0.05, 0) is 25.8 Å². The molecule has 24 heavy (non-hydrogen) atoms. The van der Waals surface area contributed by atoms with Crippen LogP contribution in [0.15, 0.2) is 35.1 Å². The molecule has 0 aromatic carbocycles. The number of aromatic nitrogens is 1. The second-order valence-corrected chi connectivity index (χ2v) is 7.93. The van der Waals surface area contributed by atoms with E-state index in [0.717, 1.165) is 0 Å². The van der Waals surface area contributed by atoms with Crippen LogP contribution in [0.2, 0.25) is 0 Å². The summed E-state index contributed by atoms with van der Waals surface area (Å²) in [5.74, 6) is 0.184. The summed E-state index contributed by atoms with van der Waals surface area (Å²) in [4.78, 5) is 3.99. The Hall–Kier alpha value is -1.55. The van der Waals surface area contributed by atoms with E-state index in [1.165, 1.54) is 22.6 Å². The maximum absolute atomic E-state index is 12.6. The van der Waals surface area contributed by atoms with Gasteiger partial charge in [0.15, 0.2) is 0 Å². The van der Waals surface area contributed by atoms with E-state index in [0.29, 0.717) is 19.2 Å². The van der Waals surface area contributed by atoms with Crippen LogP contribution in [0.25, 0.3) is 0 Å². The van der Waals surface area contributed by atoms with Gasteiger partial charge in [0.2, 0.25) is 15.9 Å². The SMILES string of the molecule is CC1(O)CCN(S(=O)(=O)c2ccc(OC/C(=C\F)CN)nc2)CC1. The Bertz CT molecular complexity index is 679. The van der Waals surface area contributed by atoms with Crippen LogP contribution in [0.5, 0.6) is 5.88 Å². The summed E-state index contributed by atoms with van der Waals surface area (Å²) < 4.78 is 44.1. The van der Waals surface area contributed by atoms with Gasteiger partial charge >= 0.3 is 0 Å². The maximum atomic E-state index is 12.6. The van der Waals surface area contributed by atoms with E-state index in [-0.39, 0.29) is 42.6 Å².